The van der Waals surface area contributed by atoms with Crippen molar-refractivity contribution in [2.45, 2.75) is 19.4 Å². The number of carboxylic acids is 1. The highest BCUT2D eigenvalue weighted by molar-refractivity contribution is 5.97. The summed E-state index contributed by atoms with van der Waals surface area (Å²) in [6, 6.07) is 3.89. The van der Waals surface area contributed by atoms with Gasteiger partial charge in [-0.3, -0.25) is 4.79 Å². The smallest absolute Gasteiger partial charge is 0.326 e. The van der Waals surface area contributed by atoms with Crippen LogP contribution in [0.2, 0.25) is 0 Å². The molecule has 6 heteroatoms. The zero-order valence-electron chi connectivity index (χ0n) is 10.5. The first kappa shape index (κ1) is 13.2. The molecule has 0 saturated heterocycles. The van der Waals surface area contributed by atoms with Gasteiger partial charge in [0.25, 0.3) is 5.91 Å². The number of aliphatic carboxylic acids is 1. The third-order valence-corrected chi connectivity index (χ3v) is 2.82. The Hall–Kier alpha value is -2.24. The zero-order chi connectivity index (χ0) is 13.8. The number of carbonyl (C=O) groups is 2. The summed E-state index contributed by atoms with van der Waals surface area (Å²) >= 11 is 0. The van der Waals surface area contributed by atoms with Crippen molar-refractivity contribution >= 4 is 11.9 Å². The standard InChI is InChI=1S/C13H15NO5/c1-2-9(13(16)17)14-12(15)8-3-4-10-11(7-8)19-6-5-18-10/h3-4,7,9H,2,5-6H2,1H3,(H,14,15)(H,16,17). The maximum absolute atomic E-state index is 11.9. The van der Waals surface area contributed by atoms with E-state index in [1.807, 2.05) is 0 Å². The Morgan fingerprint density at radius 3 is 2.63 bits per heavy atom. The van der Waals surface area contributed by atoms with Gasteiger partial charge in [0, 0.05) is 5.56 Å². The van der Waals surface area contributed by atoms with Gasteiger partial charge in [-0.1, -0.05) is 6.92 Å². The fourth-order valence-corrected chi connectivity index (χ4v) is 1.76. The summed E-state index contributed by atoms with van der Waals surface area (Å²) < 4.78 is 10.7. The van der Waals surface area contributed by atoms with Gasteiger partial charge in [0.1, 0.15) is 19.3 Å². The van der Waals surface area contributed by atoms with Crippen LogP contribution in [0.1, 0.15) is 23.7 Å². The molecule has 2 N–H and O–H groups in total. The van der Waals surface area contributed by atoms with Crippen molar-refractivity contribution in [3.8, 4) is 11.5 Å². The van der Waals surface area contributed by atoms with Crippen molar-refractivity contribution in [2.75, 3.05) is 13.2 Å². The molecule has 0 saturated carbocycles. The van der Waals surface area contributed by atoms with Crippen LogP contribution in [0.25, 0.3) is 0 Å². The molecular weight excluding hydrogens is 250 g/mol. The van der Waals surface area contributed by atoms with E-state index in [1.165, 1.54) is 0 Å². The minimum absolute atomic E-state index is 0.325. The minimum atomic E-state index is -1.05. The Morgan fingerprint density at radius 2 is 2.00 bits per heavy atom. The fourth-order valence-electron chi connectivity index (χ4n) is 1.76. The van der Waals surface area contributed by atoms with Gasteiger partial charge >= 0.3 is 5.97 Å². The van der Waals surface area contributed by atoms with E-state index >= 15 is 0 Å². The largest absolute Gasteiger partial charge is 0.486 e. The van der Waals surface area contributed by atoms with Crippen molar-refractivity contribution in [1.82, 2.24) is 5.32 Å². The van der Waals surface area contributed by atoms with Gasteiger partial charge < -0.3 is 19.9 Å². The Balaban J connectivity index is 2.13. The van der Waals surface area contributed by atoms with Crippen molar-refractivity contribution < 1.29 is 24.2 Å². The zero-order valence-corrected chi connectivity index (χ0v) is 10.5. The van der Waals surface area contributed by atoms with Gasteiger partial charge in [0.15, 0.2) is 11.5 Å². The second-order valence-electron chi connectivity index (χ2n) is 4.13. The normalized spacial score (nSPS) is 14.6. The maximum atomic E-state index is 11.9. The molecule has 0 aromatic heterocycles. The Labute approximate surface area is 110 Å². The van der Waals surface area contributed by atoms with Gasteiger partial charge in [0.05, 0.1) is 0 Å². The molecule has 102 valence electrons. The highest BCUT2D eigenvalue weighted by atomic mass is 16.6. The molecule has 1 amide bonds. The molecule has 19 heavy (non-hydrogen) atoms. The van der Waals surface area contributed by atoms with E-state index in [4.69, 9.17) is 14.6 Å². The number of carboxylic acid groups (broad SMARTS) is 1. The molecule has 0 bridgehead atoms. The lowest BCUT2D eigenvalue weighted by Gasteiger charge is -2.19. The van der Waals surface area contributed by atoms with Crippen LogP contribution in [-0.2, 0) is 4.79 Å². The van der Waals surface area contributed by atoms with E-state index in [1.54, 1.807) is 25.1 Å². The topological polar surface area (TPSA) is 84.9 Å². The molecule has 0 radical (unpaired) electrons. The number of fused-ring (bicyclic) bond motifs is 1. The lowest BCUT2D eigenvalue weighted by atomic mass is 10.1. The van der Waals surface area contributed by atoms with Gasteiger partial charge in [-0.25, -0.2) is 4.79 Å². The summed E-state index contributed by atoms with van der Waals surface area (Å²) in [6.07, 6.45) is 0.325. The average Bonchev–Trinajstić information content (AvgIpc) is 2.43. The third kappa shape index (κ3) is 2.96. The molecule has 0 aliphatic carbocycles. The molecule has 6 nitrogen and oxygen atoms in total. The van der Waals surface area contributed by atoms with E-state index in [-0.39, 0.29) is 0 Å². The third-order valence-electron chi connectivity index (χ3n) is 2.82. The first-order valence-corrected chi connectivity index (χ1v) is 6.05. The molecular formula is C13H15NO5. The van der Waals surface area contributed by atoms with E-state index < -0.39 is 17.9 Å². The van der Waals surface area contributed by atoms with Crippen molar-refractivity contribution in [2.24, 2.45) is 0 Å². The lowest BCUT2D eigenvalue weighted by molar-refractivity contribution is -0.139. The highest BCUT2D eigenvalue weighted by Crippen LogP contribution is 2.30. The quantitative estimate of drug-likeness (QED) is 0.850. The van der Waals surface area contributed by atoms with E-state index in [2.05, 4.69) is 5.32 Å². The van der Waals surface area contributed by atoms with Crippen LogP contribution in [-0.4, -0.2) is 36.2 Å². The Bertz CT molecular complexity index is 500. The van der Waals surface area contributed by atoms with Gasteiger partial charge in [-0.2, -0.15) is 0 Å². The van der Waals surface area contributed by atoms with Crippen LogP contribution >= 0.6 is 0 Å². The molecule has 2 rings (SSSR count). The summed E-state index contributed by atoms with van der Waals surface area (Å²) in [5.74, 6) is -0.394. The lowest BCUT2D eigenvalue weighted by Crippen LogP contribution is -2.40. The molecule has 1 heterocycles. The molecule has 1 aromatic rings. The molecule has 0 fully saturated rings. The Morgan fingerprint density at radius 1 is 1.32 bits per heavy atom. The minimum Gasteiger partial charge on any atom is -0.486 e. The summed E-state index contributed by atoms with van der Waals surface area (Å²) in [4.78, 5) is 22.8. The second-order valence-corrected chi connectivity index (χ2v) is 4.13. The Kier molecular flexibility index (Phi) is 3.89. The number of amides is 1. The number of hydrogen-bond donors (Lipinski definition) is 2. The number of benzene rings is 1. The first-order valence-electron chi connectivity index (χ1n) is 6.05. The number of carbonyl (C=O) groups excluding carboxylic acids is 1. The predicted octanol–water partition coefficient (Wildman–Crippen LogP) is 1.05. The van der Waals surface area contributed by atoms with Crippen LogP contribution < -0.4 is 14.8 Å². The van der Waals surface area contributed by atoms with Crippen molar-refractivity contribution in [3.63, 3.8) is 0 Å². The van der Waals surface area contributed by atoms with Crippen LogP contribution in [0, 0.1) is 0 Å². The molecule has 1 aliphatic rings. The fraction of sp³-hybridized carbons (Fsp3) is 0.385. The SMILES string of the molecule is CCC(NC(=O)c1ccc2c(c1)OCCO2)C(=O)O. The summed E-state index contributed by atoms with van der Waals surface area (Å²) in [6.45, 7) is 2.61. The monoisotopic (exact) mass is 265 g/mol. The molecule has 1 unspecified atom stereocenters. The van der Waals surface area contributed by atoms with Crippen LogP contribution in [0.15, 0.2) is 18.2 Å². The van der Waals surface area contributed by atoms with Crippen LogP contribution in [0.4, 0.5) is 0 Å². The van der Waals surface area contributed by atoms with Gasteiger partial charge in [0.2, 0.25) is 0 Å². The van der Waals surface area contributed by atoms with E-state index in [0.717, 1.165) is 0 Å². The number of rotatable bonds is 4. The number of hydrogen-bond acceptors (Lipinski definition) is 4. The number of ether oxygens (including phenoxy) is 2. The highest BCUT2D eigenvalue weighted by Gasteiger charge is 2.20. The summed E-state index contributed by atoms with van der Waals surface area (Å²) in [5.41, 5.74) is 0.351. The maximum Gasteiger partial charge on any atom is 0.326 e. The first-order chi connectivity index (χ1) is 9.11. The molecule has 1 aromatic carbocycles. The molecule has 0 spiro atoms. The van der Waals surface area contributed by atoms with Crippen molar-refractivity contribution in [1.29, 1.82) is 0 Å². The second kappa shape index (κ2) is 5.60. The van der Waals surface area contributed by atoms with Crippen molar-refractivity contribution in [3.05, 3.63) is 23.8 Å². The van der Waals surface area contributed by atoms with Gasteiger partial charge in [-0.05, 0) is 24.6 Å². The van der Waals surface area contributed by atoms with Crippen LogP contribution in [0.3, 0.4) is 0 Å². The summed E-state index contributed by atoms with van der Waals surface area (Å²) in [5, 5.41) is 11.4. The van der Waals surface area contributed by atoms with Gasteiger partial charge in [-0.15, -0.1) is 0 Å². The van der Waals surface area contributed by atoms with E-state index in [0.29, 0.717) is 36.7 Å². The van der Waals surface area contributed by atoms with E-state index in [9.17, 15) is 9.59 Å². The molecule has 1 atom stereocenters. The predicted molar refractivity (Wildman–Crippen MR) is 66.6 cm³/mol. The van der Waals surface area contributed by atoms with Crippen LogP contribution in [0.5, 0.6) is 11.5 Å². The average molecular weight is 265 g/mol. The molecule has 1 aliphatic heterocycles. The number of nitrogens with one attached hydrogen (secondary N) is 1. The summed E-state index contributed by atoms with van der Waals surface area (Å²) in [7, 11) is 0.